The van der Waals surface area contributed by atoms with Crippen LogP contribution in [0.1, 0.15) is 17.8 Å². The van der Waals surface area contributed by atoms with Crippen molar-refractivity contribution in [2.45, 2.75) is 12.8 Å². The first kappa shape index (κ1) is 13.6. The summed E-state index contributed by atoms with van der Waals surface area (Å²) in [6, 6.07) is 1.01. The van der Waals surface area contributed by atoms with Crippen molar-refractivity contribution in [2.24, 2.45) is 0 Å². The molecule has 0 saturated heterocycles. The third-order valence-electron chi connectivity index (χ3n) is 1.98. The van der Waals surface area contributed by atoms with Crippen LogP contribution in [0.15, 0.2) is 6.07 Å². The van der Waals surface area contributed by atoms with Gasteiger partial charge in [0.25, 0.3) is 6.43 Å². The summed E-state index contributed by atoms with van der Waals surface area (Å²) in [6.45, 7) is 0. The second kappa shape index (κ2) is 5.77. The van der Waals surface area contributed by atoms with Crippen LogP contribution >= 0.6 is 11.6 Å². The van der Waals surface area contributed by atoms with Crippen LogP contribution in [0.3, 0.4) is 0 Å². The maximum Gasteiger partial charge on any atom is 0.311 e. The van der Waals surface area contributed by atoms with Crippen molar-refractivity contribution >= 4 is 17.6 Å². The number of ether oxygens (including phenoxy) is 2. The monoisotopic (exact) mass is 265 g/mol. The minimum atomic E-state index is -2.77. The fraction of sp³-hybridized carbons (Fsp3) is 0.400. The van der Waals surface area contributed by atoms with Crippen LogP contribution in [0.2, 0.25) is 5.02 Å². The zero-order valence-corrected chi connectivity index (χ0v) is 9.92. The Bertz CT molecular complexity index is 426. The van der Waals surface area contributed by atoms with Crippen LogP contribution < -0.4 is 4.74 Å². The van der Waals surface area contributed by atoms with Crippen molar-refractivity contribution in [2.75, 3.05) is 14.2 Å². The van der Waals surface area contributed by atoms with Gasteiger partial charge in [0.15, 0.2) is 5.75 Å². The second-order valence-corrected chi connectivity index (χ2v) is 3.47. The molecular formula is C10H10ClF2NO3. The topological polar surface area (TPSA) is 48.4 Å². The highest BCUT2D eigenvalue weighted by atomic mass is 35.5. The average molecular weight is 266 g/mol. The van der Waals surface area contributed by atoms with Gasteiger partial charge in [-0.2, -0.15) is 0 Å². The molecule has 4 nitrogen and oxygen atoms in total. The molecule has 1 rings (SSSR count). The summed E-state index contributed by atoms with van der Waals surface area (Å²) in [5.74, 6) is -0.514. The summed E-state index contributed by atoms with van der Waals surface area (Å²) in [6.07, 6.45) is -3.05. The summed E-state index contributed by atoms with van der Waals surface area (Å²) >= 11 is 5.75. The molecule has 0 spiro atoms. The highest BCUT2D eigenvalue weighted by molar-refractivity contribution is 6.32. The van der Waals surface area contributed by atoms with E-state index in [2.05, 4.69) is 9.72 Å². The Hall–Kier alpha value is -1.43. The molecule has 94 valence electrons. The molecule has 0 saturated carbocycles. The van der Waals surface area contributed by atoms with E-state index in [0.29, 0.717) is 0 Å². The highest BCUT2D eigenvalue weighted by Crippen LogP contribution is 2.31. The van der Waals surface area contributed by atoms with Gasteiger partial charge in [0.2, 0.25) is 0 Å². The van der Waals surface area contributed by atoms with E-state index < -0.39 is 18.1 Å². The van der Waals surface area contributed by atoms with Crippen molar-refractivity contribution in [1.82, 2.24) is 4.98 Å². The third-order valence-corrected chi connectivity index (χ3v) is 2.27. The number of esters is 1. The number of hydrogen-bond acceptors (Lipinski definition) is 4. The minimum Gasteiger partial charge on any atom is -0.493 e. The number of carbonyl (C=O) groups excluding carboxylic acids is 1. The zero-order chi connectivity index (χ0) is 13.0. The van der Waals surface area contributed by atoms with Crippen molar-refractivity contribution in [3.8, 4) is 5.75 Å². The molecule has 0 fully saturated rings. The van der Waals surface area contributed by atoms with Gasteiger partial charge in [-0.25, -0.2) is 13.8 Å². The van der Waals surface area contributed by atoms with E-state index in [9.17, 15) is 13.6 Å². The predicted molar refractivity (Wildman–Crippen MR) is 56.5 cm³/mol. The Kier molecular flexibility index (Phi) is 4.62. The minimum absolute atomic E-state index is 0.0169. The van der Waals surface area contributed by atoms with Gasteiger partial charge in [-0.1, -0.05) is 11.6 Å². The van der Waals surface area contributed by atoms with Crippen molar-refractivity contribution in [3.63, 3.8) is 0 Å². The van der Waals surface area contributed by atoms with Crippen LogP contribution in [0.25, 0.3) is 0 Å². The molecule has 1 aromatic heterocycles. The lowest BCUT2D eigenvalue weighted by Gasteiger charge is -2.10. The van der Waals surface area contributed by atoms with Crippen LogP contribution in [-0.4, -0.2) is 25.2 Å². The van der Waals surface area contributed by atoms with E-state index in [0.717, 1.165) is 6.07 Å². The van der Waals surface area contributed by atoms with E-state index >= 15 is 0 Å². The summed E-state index contributed by atoms with van der Waals surface area (Å²) in [5.41, 5.74) is -0.475. The van der Waals surface area contributed by atoms with Gasteiger partial charge in [-0.3, -0.25) is 4.79 Å². The number of hydrogen-bond donors (Lipinski definition) is 0. The molecule has 0 radical (unpaired) electrons. The smallest absolute Gasteiger partial charge is 0.311 e. The molecule has 0 amide bonds. The van der Waals surface area contributed by atoms with Crippen LogP contribution in [0, 0.1) is 0 Å². The molecule has 1 heterocycles. The zero-order valence-electron chi connectivity index (χ0n) is 9.17. The molecule has 0 aliphatic rings. The summed E-state index contributed by atoms with van der Waals surface area (Å²) in [7, 11) is 2.50. The molecule has 7 heteroatoms. The maximum atomic E-state index is 12.5. The lowest BCUT2D eigenvalue weighted by atomic mass is 10.2. The summed E-state index contributed by atoms with van der Waals surface area (Å²) < 4.78 is 34.3. The van der Waals surface area contributed by atoms with E-state index in [1.54, 1.807) is 0 Å². The molecular weight excluding hydrogens is 256 g/mol. The number of methoxy groups -OCH3 is 2. The maximum absolute atomic E-state index is 12.5. The molecule has 0 aromatic carbocycles. The molecule has 0 atom stereocenters. The quantitative estimate of drug-likeness (QED) is 0.785. The van der Waals surface area contributed by atoms with Gasteiger partial charge in [-0.05, 0) is 6.07 Å². The SMILES string of the molecule is COC(=O)Cc1nc(C(F)F)cc(Cl)c1OC. The Balaban J connectivity index is 3.19. The van der Waals surface area contributed by atoms with Crippen LogP contribution in [0.5, 0.6) is 5.75 Å². The van der Waals surface area contributed by atoms with Crippen LogP contribution in [0.4, 0.5) is 8.78 Å². The van der Waals surface area contributed by atoms with Gasteiger partial charge in [0, 0.05) is 0 Å². The highest BCUT2D eigenvalue weighted by Gasteiger charge is 2.19. The molecule has 0 aliphatic heterocycles. The van der Waals surface area contributed by atoms with E-state index in [-0.39, 0.29) is 22.9 Å². The average Bonchev–Trinajstić information content (AvgIpc) is 2.28. The Morgan fingerprint density at radius 2 is 2.18 bits per heavy atom. The molecule has 0 bridgehead atoms. The fourth-order valence-corrected chi connectivity index (χ4v) is 1.53. The third kappa shape index (κ3) is 3.26. The Labute approximate surface area is 101 Å². The van der Waals surface area contributed by atoms with E-state index in [1.165, 1.54) is 14.2 Å². The largest absolute Gasteiger partial charge is 0.493 e. The van der Waals surface area contributed by atoms with E-state index in [1.807, 2.05) is 0 Å². The molecule has 0 aliphatic carbocycles. The first-order valence-corrected chi connectivity index (χ1v) is 4.95. The first-order valence-electron chi connectivity index (χ1n) is 4.57. The normalized spacial score (nSPS) is 10.5. The van der Waals surface area contributed by atoms with Gasteiger partial charge < -0.3 is 9.47 Å². The number of nitrogens with zero attached hydrogens (tertiary/aromatic N) is 1. The van der Waals surface area contributed by atoms with Crippen molar-refractivity contribution in [1.29, 1.82) is 0 Å². The first-order chi connectivity index (χ1) is 7.99. The van der Waals surface area contributed by atoms with E-state index in [4.69, 9.17) is 16.3 Å². The molecule has 0 unspecified atom stereocenters. The van der Waals surface area contributed by atoms with Crippen molar-refractivity contribution in [3.05, 3.63) is 22.5 Å². The number of alkyl halides is 2. The van der Waals surface area contributed by atoms with Gasteiger partial charge in [-0.15, -0.1) is 0 Å². The Morgan fingerprint density at radius 3 is 2.65 bits per heavy atom. The standard InChI is InChI=1S/C10H10ClF2NO3/c1-16-8(15)4-6-9(17-2)5(11)3-7(14-6)10(12)13/h3,10H,4H2,1-2H3. The number of halogens is 3. The number of pyridine rings is 1. The molecule has 17 heavy (non-hydrogen) atoms. The van der Waals surface area contributed by atoms with Gasteiger partial charge >= 0.3 is 5.97 Å². The molecule has 1 aromatic rings. The second-order valence-electron chi connectivity index (χ2n) is 3.06. The van der Waals surface area contributed by atoms with Crippen LogP contribution in [-0.2, 0) is 16.0 Å². The summed E-state index contributed by atoms with van der Waals surface area (Å²) in [4.78, 5) is 14.7. The predicted octanol–water partition coefficient (Wildman–Crippen LogP) is 2.40. The fourth-order valence-electron chi connectivity index (χ4n) is 1.23. The lowest BCUT2D eigenvalue weighted by molar-refractivity contribution is -0.139. The van der Waals surface area contributed by atoms with Gasteiger partial charge in [0.1, 0.15) is 5.69 Å². The molecule has 0 N–H and O–H groups in total. The van der Waals surface area contributed by atoms with Gasteiger partial charge in [0.05, 0.1) is 31.4 Å². The number of carbonyl (C=O) groups is 1. The number of aromatic nitrogens is 1. The Morgan fingerprint density at radius 1 is 1.53 bits per heavy atom. The number of rotatable bonds is 4. The lowest BCUT2D eigenvalue weighted by Crippen LogP contribution is -2.09. The van der Waals surface area contributed by atoms with Crippen molar-refractivity contribution < 1.29 is 23.0 Å². The summed E-state index contributed by atoms with van der Waals surface area (Å²) in [5, 5.41) is -0.0169.